The Morgan fingerprint density at radius 2 is 1.64 bits per heavy atom. The van der Waals surface area contributed by atoms with Crippen molar-refractivity contribution in [3.8, 4) is 0 Å². The number of piperazine rings is 1. The van der Waals surface area contributed by atoms with Crippen LogP contribution in [0.3, 0.4) is 0 Å². The maximum atomic E-state index is 13.5. The highest BCUT2D eigenvalue weighted by atomic mass is 16.5. The summed E-state index contributed by atoms with van der Waals surface area (Å²) in [6, 6.07) is 9.28. The number of hydrogen-bond donors (Lipinski definition) is 4. The zero-order valence-electron chi connectivity index (χ0n) is 20.7. The average molecular weight is 503 g/mol. The molecule has 0 radical (unpaired) electrons. The van der Waals surface area contributed by atoms with Gasteiger partial charge in [0, 0.05) is 62.4 Å². The second kappa shape index (κ2) is 11.9. The fourth-order valence-electron chi connectivity index (χ4n) is 6.46. The Bertz CT molecular complexity index is 907. The number of rotatable bonds is 6. The number of nitrogens with one attached hydrogen (secondary N) is 1. The van der Waals surface area contributed by atoms with Gasteiger partial charge in [-0.3, -0.25) is 14.8 Å². The molecule has 5 atom stereocenters. The number of aliphatic hydroxyl groups excluding tert-OH is 1. The monoisotopic (exact) mass is 502 g/mol. The van der Waals surface area contributed by atoms with Crippen LogP contribution in [0.5, 0.6) is 0 Å². The molecule has 3 aliphatic rings. The van der Waals surface area contributed by atoms with Crippen LogP contribution in [-0.2, 0) is 9.59 Å². The number of amides is 3. The molecule has 2 aliphatic carbocycles. The highest BCUT2D eigenvalue weighted by molar-refractivity contribution is 5.87. The highest BCUT2D eigenvalue weighted by Crippen LogP contribution is 2.38. The van der Waals surface area contributed by atoms with E-state index in [0.717, 1.165) is 24.9 Å². The Kier molecular flexibility index (Phi) is 8.68. The molecule has 2 unspecified atom stereocenters. The molecule has 36 heavy (non-hydrogen) atoms. The van der Waals surface area contributed by atoms with Crippen molar-refractivity contribution in [2.24, 2.45) is 17.8 Å². The quantitative estimate of drug-likeness (QED) is 0.346. The van der Waals surface area contributed by atoms with Crippen LogP contribution in [0.2, 0.25) is 0 Å². The summed E-state index contributed by atoms with van der Waals surface area (Å²) in [7, 11) is 0. The smallest absolute Gasteiger partial charge is 0.407 e. The first-order valence-electron chi connectivity index (χ1n) is 13.1. The maximum Gasteiger partial charge on any atom is 0.407 e. The lowest BCUT2D eigenvalue weighted by Gasteiger charge is -2.46. The molecule has 1 aromatic rings. The van der Waals surface area contributed by atoms with Crippen LogP contribution in [0.25, 0.3) is 0 Å². The number of carboxylic acid groups (broad SMARTS) is 1. The van der Waals surface area contributed by atoms with Crippen molar-refractivity contribution in [3.05, 3.63) is 30.3 Å². The minimum Gasteiger partial charge on any atom is -0.465 e. The van der Waals surface area contributed by atoms with Crippen LogP contribution in [0.4, 0.5) is 10.5 Å². The third-order valence-electron chi connectivity index (χ3n) is 8.37. The number of hydrogen-bond acceptors (Lipinski definition) is 6. The summed E-state index contributed by atoms with van der Waals surface area (Å²) < 4.78 is 0. The van der Waals surface area contributed by atoms with E-state index in [1.54, 1.807) is 10.4 Å². The minimum atomic E-state index is -1.06. The molecule has 1 aromatic carbocycles. The van der Waals surface area contributed by atoms with Gasteiger partial charge in [0.05, 0.1) is 5.92 Å². The molecule has 10 heteroatoms. The predicted octanol–water partition coefficient (Wildman–Crippen LogP) is 2.16. The summed E-state index contributed by atoms with van der Waals surface area (Å²) in [5.74, 6) is -2.30. The predicted molar refractivity (Wildman–Crippen MR) is 132 cm³/mol. The number of benzene rings is 1. The molecule has 3 amide bonds. The summed E-state index contributed by atoms with van der Waals surface area (Å²) in [4.78, 5) is 44.0. The van der Waals surface area contributed by atoms with Gasteiger partial charge in [-0.15, -0.1) is 0 Å². The van der Waals surface area contributed by atoms with E-state index < -0.39 is 29.9 Å². The van der Waals surface area contributed by atoms with Crippen LogP contribution in [0.1, 0.15) is 44.9 Å². The van der Waals surface area contributed by atoms with Crippen LogP contribution >= 0.6 is 0 Å². The Morgan fingerprint density at radius 1 is 0.944 bits per heavy atom. The molecule has 4 rings (SSSR count). The molecule has 4 N–H and O–H groups in total. The molecular weight excluding hydrogens is 464 g/mol. The molecule has 0 bridgehead atoms. The molecular formula is C26H38N4O6. The number of aliphatic hydroxyl groups is 1. The Balaban J connectivity index is 1.44. The molecule has 0 spiro atoms. The van der Waals surface area contributed by atoms with Gasteiger partial charge in [-0.25, -0.2) is 10.3 Å². The van der Waals surface area contributed by atoms with E-state index in [-0.39, 0.29) is 30.9 Å². The van der Waals surface area contributed by atoms with Gasteiger partial charge in [-0.05, 0) is 44.2 Å². The van der Waals surface area contributed by atoms with Crippen LogP contribution < -0.4 is 10.4 Å². The largest absolute Gasteiger partial charge is 0.465 e. The normalized spacial score (nSPS) is 28.9. The lowest BCUT2D eigenvalue weighted by atomic mass is 9.74. The SMILES string of the molecule is O=C(NO)[C@H]1C[C@H](N(C(=O)O)C2CCCCC2CO)CC[C@@H]1C(=O)N1CCN(c2ccccc2)CC1. The minimum absolute atomic E-state index is 0.0716. The van der Waals surface area contributed by atoms with Gasteiger partial charge in [0.1, 0.15) is 0 Å². The number of anilines is 1. The topological polar surface area (TPSA) is 134 Å². The van der Waals surface area contributed by atoms with Crippen LogP contribution in [-0.4, -0.2) is 88.0 Å². The van der Waals surface area contributed by atoms with E-state index in [9.17, 15) is 29.8 Å². The molecule has 1 aliphatic heterocycles. The first-order chi connectivity index (χ1) is 17.4. The van der Waals surface area contributed by atoms with Crippen molar-refractivity contribution in [1.29, 1.82) is 0 Å². The molecule has 1 heterocycles. The number of carbonyl (C=O) groups is 3. The molecule has 3 fully saturated rings. The maximum absolute atomic E-state index is 13.5. The Hall–Kier alpha value is -2.85. The van der Waals surface area contributed by atoms with Crippen molar-refractivity contribution in [2.45, 2.75) is 57.0 Å². The zero-order valence-corrected chi connectivity index (χ0v) is 20.7. The summed E-state index contributed by atoms with van der Waals surface area (Å²) in [6.45, 7) is 2.40. The fourth-order valence-corrected chi connectivity index (χ4v) is 6.46. The number of nitrogens with zero attached hydrogens (tertiary/aromatic N) is 3. The molecule has 10 nitrogen and oxygen atoms in total. The van der Waals surface area contributed by atoms with Gasteiger partial charge in [-0.1, -0.05) is 31.0 Å². The van der Waals surface area contributed by atoms with E-state index in [2.05, 4.69) is 4.90 Å². The van der Waals surface area contributed by atoms with Crippen LogP contribution in [0, 0.1) is 17.8 Å². The number of para-hydroxylation sites is 1. The lowest BCUT2D eigenvalue weighted by molar-refractivity contribution is -0.148. The summed E-state index contributed by atoms with van der Waals surface area (Å²) in [6.07, 6.45) is 3.27. The first-order valence-corrected chi connectivity index (χ1v) is 13.1. The van der Waals surface area contributed by atoms with Gasteiger partial charge in [0.25, 0.3) is 0 Å². The van der Waals surface area contributed by atoms with E-state index in [1.807, 2.05) is 30.3 Å². The standard InChI is InChI=1S/C26H38N4O6/c31-17-18-6-4-5-9-23(18)30(26(34)35)20-10-11-21(22(16-20)24(32)27-36)25(33)29-14-12-28(13-15-29)19-7-2-1-3-8-19/h1-3,7-8,18,20-23,31,36H,4-6,9-17H2,(H,27,32)(H,34,35)/t18?,20-,21+,22+,23?/m1/s1. The fraction of sp³-hybridized carbons (Fsp3) is 0.654. The number of hydroxylamine groups is 1. The van der Waals surface area contributed by atoms with Crippen molar-refractivity contribution >= 4 is 23.6 Å². The second-order valence-corrected chi connectivity index (χ2v) is 10.3. The Morgan fingerprint density at radius 3 is 2.28 bits per heavy atom. The van der Waals surface area contributed by atoms with E-state index in [1.165, 1.54) is 4.90 Å². The first kappa shape index (κ1) is 26.2. The van der Waals surface area contributed by atoms with Crippen molar-refractivity contribution < 1.29 is 29.8 Å². The molecule has 2 saturated carbocycles. The third kappa shape index (κ3) is 5.59. The number of carbonyl (C=O) groups excluding carboxylic acids is 2. The van der Waals surface area contributed by atoms with Crippen molar-refractivity contribution in [2.75, 3.05) is 37.7 Å². The zero-order chi connectivity index (χ0) is 25.7. The summed E-state index contributed by atoms with van der Waals surface area (Å²) in [5.41, 5.74) is 2.83. The molecule has 1 saturated heterocycles. The average Bonchev–Trinajstić information content (AvgIpc) is 2.93. The van der Waals surface area contributed by atoms with E-state index >= 15 is 0 Å². The van der Waals surface area contributed by atoms with Gasteiger partial charge in [-0.2, -0.15) is 0 Å². The van der Waals surface area contributed by atoms with Crippen LogP contribution in [0.15, 0.2) is 30.3 Å². The van der Waals surface area contributed by atoms with Gasteiger partial charge in [0.2, 0.25) is 11.8 Å². The summed E-state index contributed by atoms with van der Waals surface area (Å²) >= 11 is 0. The summed E-state index contributed by atoms with van der Waals surface area (Å²) in [5, 5.41) is 29.4. The van der Waals surface area contributed by atoms with Crippen molar-refractivity contribution in [3.63, 3.8) is 0 Å². The molecule has 198 valence electrons. The van der Waals surface area contributed by atoms with Gasteiger partial charge < -0.3 is 24.9 Å². The van der Waals surface area contributed by atoms with Gasteiger partial charge in [0.15, 0.2) is 0 Å². The van der Waals surface area contributed by atoms with E-state index in [0.29, 0.717) is 45.4 Å². The van der Waals surface area contributed by atoms with Gasteiger partial charge >= 0.3 is 6.09 Å². The lowest BCUT2D eigenvalue weighted by Crippen LogP contribution is -2.57. The van der Waals surface area contributed by atoms with Crippen molar-refractivity contribution in [1.82, 2.24) is 15.3 Å². The molecule has 0 aromatic heterocycles. The third-order valence-corrected chi connectivity index (χ3v) is 8.37. The highest BCUT2D eigenvalue weighted by Gasteiger charge is 2.46. The van der Waals surface area contributed by atoms with E-state index in [4.69, 9.17) is 0 Å². The Labute approximate surface area is 211 Å². The second-order valence-electron chi connectivity index (χ2n) is 10.3.